The molecule has 1 atom stereocenters. The minimum absolute atomic E-state index is 0.0377. The zero-order valence-electron chi connectivity index (χ0n) is 14.2. The number of piperazine rings is 1. The first-order valence-electron chi connectivity index (χ1n) is 8.13. The topological polar surface area (TPSA) is 66.7 Å². The number of amides is 2. The molecule has 0 saturated carbocycles. The number of nitrogens with zero attached hydrogens (tertiary/aromatic N) is 3. The summed E-state index contributed by atoms with van der Waals surface area (Å²) in [6, 6.07) is 9.36. The van der Waals surface area contributed by atoms with E-state index in [-0.39, 0.29) is 30.2 Å². The minimum atomic E-state index is -0.286. The zero-order valence-corrected chi connectivity index (χ0v) is 14.2. The van der Waals surface area contributed by atoms with Crippen LogP contribution in [0.15, 0.2) is 34.9 Å². The Morgan fingerprint density at radius 3 is 2.67 bits per heavy atom. The molecule has 1 saturated heterocycles. The van der Waals surface area contributed by atoms with Gasteiger partial charge in [0.25, 0.3) is 5.91 Å². The molecule has 0 spiro atoms. The van der Waals surface area contributed by atoms with Crippen molar-refractivity contribution in [2.45, 2.75) is 33.2 Å². The molecule has 1 aromatic carbocycles. The molecule has 1 aliphatic heterocycles. The fourth-order valence-electron chi connectivity index (χ4n) is 2.82. The van der Waals surface area contributed by atoms with Crippen molar-refractivity contribution in [2.24, 2.45) is 0 Å². The van der Waals surface area contributed by atoms with Gasteiger partial charge in [-0.1, -0.05) is 29.8 Å². The molecular weight excluding hydrogens is 306 g/mol. The van der Waals surface area contributed by atoms with Crippen LogP contribution in [0.2, 0.25) is 0 Å². The Labute approximate surface area is 141 Å². The van der Waals surface area contributed by atoms with Gasteiger partial charge in [0, 0.05) is 24.3 Å². The van der Waals surface area contributed by atoms with Crippen molar-refractivity contribution in [2.75, 3.05) is 18.0 Å². The maximum Gasteiger partial charge on any atom is 0.293 e. The second-order valence-corrected chi connectivity index (χ2v) is 6.16. The van der Waals surface area contributed by atoms with E-state index in [1.54, 1.807) is 15.9 Å². The number of aromatic nitrogens is 1. The number of carbonyl (C=O) groups excluding carboxylic acids is 2. The quantitative estimate of drug-likeness (QED) is 0.868. The zero-order chi connectivity index (χ0) is 17.3. The van der Waals surface area contributed by atoms with Crippen LogP contribution in [0, 0.1) is 6.92 Å². The van der Waals surface area contributed by atoms with E-state index >= 15 is 0 Å². The third-order valence-corrected chi connectivity index (χ3v) is 4.32. The lowest BCUT2D eigenvalue weighted by Gasteiger charge is -2.38. The molecule has 24 heavy (non-hydrogen) atoms. The highest BCUT2D eigenvalue weighted by atomic mass is 16.5. The molecule has 3 rings (SSSR count). The van der Waals surface area contributed by atoms with E-state index in [1.165, 1.54) is 0 Å². The number of anilines is 1. The Balaban J connectivity index is 1.76. The molecule has 2 amide bonds. The Hall–Kier alpha value is -2.63. The van der Waals surface area contributed by atoms with E-state index in [0.29, 0.717) is 13.0 Å². The summed E-state index contributed by atoms with van der Waals surface area (Å²) in [5, 5.41) is 3.85. The Morgan fingerprint density at radius 1 is 1.33 bits per heavy atom. The number of carbonyl (C=O) groups is 2. The van der Waals surface area contributed by atoms with Gasteiger partial charge in [-0.05, 0) is 32.4 Å². The van der Waals surface area contributed by atoms with Crippen LogP contribution in [0.5, 0.6) is 0 Å². The van der Waals surface area contributed by atoms with E-state index in [1.807, 2.05) is 45.0 Å². The third kappa shape index (κ3) is 3.04. The maximum atomic E-state index is 12.6. The average Bonchev–Trinajstić information content (AvgIpc) is 3.06. The van der Waals surface area contributed by atoms with Gasteiger partial charge in [0.1, 0.15) is 6.54 Å². The van der Waals surface area contributed by atoms with Crippen molar-refractivity contribution < 1.29 is 14.1 Å². The van der Waals surface area contributed by atoms with E-state index < -0.39 is 0 Å². The number of hydrogen-bond donors (Lipinski definition) is 0. The molecule has 0 aliphatic carbocycles. The van der Waals surface area contributed by atoms with Gasteiger partial charge in [-0.2, -0.15) is 0 Å². The number of aryl methyl sites for hydroxylation is 2. The molecule has 6 nitrogen and oxygen atoms in total. The maximum absolute atomic E-state index is 12.6. The predicted molar refractivity (Wildman–Crippen MR) is 89.9 cm³/mol. The minimum Gasteiger partial charge on any atom is -0.351 e. The molecule has 1 aromatic heterocycles. The van der Waals surface area contributed by atoms with E-state index in [9.17, 15) is 9.59 Å². The van der Waals surface area contributed by atoms with E-state index in [4.69, 9.17) is 4.52 Å². The van der Waals surface area contributed by atoms with Gasteiger partial charge in [0.05, 0.1) is 5.69 Å². The van der Waals surface area contributed by atoms with Gasteiger partial charge >= 0.3 is 0 Å². The number of hydrogen-bond acceptors (Lipinski definition) is 4. The predicted octanol–water partition coefficient (Wildman–Crippen LogP) is 2.42. The van der Waals surface area contributed by atoms with Crippen molar-refractivity contribution in [3.8, 4) is 0 Å². The van der Waals surface area contributed by atoms with E-state index in [0.717, 1.165) is 16.9 Å². The van der Waals surface area contributed by atoms with Crippen LogP contribution < -0.4 is 4.90 Å². The molecule has 0 bridgehead atoms. The monoisotopic (exact) mass is 327 g/mol. The van der Waals surface area contributed by atoms with Crippen LogP contribution in [0.25, 0.3) is 0 Å². The normalized spacial score (nSPS) is 18.1. The lowest BCUT2D eigenvalue weighted by molar-refractivity contribution is -0.121. The van der Waals surface area contributed by atoms with Gasteiger partial charge in [-0.3, -0.25) is 9.59 Å². The molecule has 1 fully saturated rings. The number of rotatable bonds is 3. The van der Waals surface area contributed by atoms with Crippen molar-refractivity contribution >= 4 is 17.5 Å². The first-order valence-corrected chi connectivity index (χ1v) is 8.13. The fraction of sp³-hybridized carbons (Fsp3) is 0.389. The van der Waals surface area contributed by atoms with Gasteiger partial charge in [0.15, 0.2) is 0 Å². The van der Waals surface area contributed by atoms with Crippen LogP contribution in [0.1, 0.15) is 35.7 Å². The fourth-order valence-corrected chi connectivity index (χ4v) is 2.82. The highest BCUT2D eigenvalue weighted by Crippen LogP contribution is 2.22. The molecule has 1 aliphatic rings. The molecule has 0 unspecified atom stereocenters. The van der Waals surface area contributed by atoms with Gasteiger partial charge < -0.3 is 14.3 Å². The molecule has 0 radical (unpaired) electrons. The van der Waals surface area contributed by atoms with Crippen LogP contribution >= 0.6 is 0 Å². The summed E-state index contributed by atoms with van der Waals surface area (Å²) in [5.74, 6) is -0.192. The van der Waals surface area contributed by atoms with Crippen molar-refractivity contribution in [3.63, 3.8) is 0 Å². The molecule has 0 N–H and O–H groups in total. The van der Waals surface area contributed by atoms with Crippen LogP contribution in [0.4, 0.5) is 5.69 Å². The highest BCUT2D eigenvalue weighted by molar-refractivity contribution is 6.01. The molecule has 2 aromatic rings. The summed E-state index contributed by atoms with van der Waals surface area (Å²) in [6.45, 7) is 6.38. The van der Waals surface area contributed by atoms with Gasteiger partial charge in [-0.25, -0.2) is 0 Å². The largest absolute Gasteiger partial charge is 0.351 e. The summed E-state index contributed by atoms with van der Waals surface area (Å²) in [4.78, 5) is 28.4. The Morgan fingerprint density at radius 2 is 2.04 bits per heavy atom. The van der Waals surface area contributed by atoms with Crippen molar-refractivity contribution in [3.05, 3.63) is 47.3 Å². The summed E-state index contributed by atoms with van der Waals surface area (Å²) < 4.78 is 5.11. The molecule has 126 valence electrons. The van der Waals surface area contributed by atoms with Crippen LogP contribution in [0.3, 0.4) is 0 Å². The SMILES string of the molecule is CCc1cc(C(=O)N2CC(=O)N(c3ccc(C)cc3)C[C@H]2C)on1. The summed E-state index contributed by atoms with van der Waals surface area (Å²) >= 11 is 0. The summed E-state index contributed by atoms with van der Waals surface area (Å²) in [5.41, 5.74) is 2.73. The molecule has 2 heterocycles. The smallest absolute Gasteiger partial charge is 0.293 e. The first kappa shape index (κ1) is 16.2. The molecule has 6 heteroatoms. The Kier molecular flexibility index (Phi) is 4.38. The van der Waals surface area contributed by atoms with Crippen molar-refractivity contribution in [1.29, 1.82) is 0 Å². The Bertz CT molecular complexity index is 751. The first-order chi connectivity index (χ1) is 11.5. The standard InChI is InChI=1S/C18H21N3O3/c1-4-14-9-16(24-19-14)18(23)20-11-17(22)21(10-13(20)3)15-7-5-12(2)6-8-15/h5-9,13H,4,10-11H2,1-3H3/t13-/m1/s1. The third-order valence-electron chi connectivity index (χ3n) is 4.32. The molecular formula is C18H21N3O3. The van der Waals surface area contributed by atoms with E-state index in [2.05, 4.69) is 5.16 Å². The average molecular weight is 327 g/mol. The highest BCUT2D eigenvalue weighted by Gasteiger charge is 2.35. The van der Waals surface area contributed by atoms with Gasteiger partial charge in [-0.15, -0.1) is 0 Å². The second-order valence-electron chi connectivity index (χ2n) is 6.16. The number of benzene rings is 1. The second kappa shape index (κ2) is 6.47. The lowest BCUT2D eigenvalue weighted by Crippen LogP contribution is -2.57. The summed E-state index contributed by atoms with van der Waals surface area (Å²) in [6.07, 6.45) is 0.701. The summed E-state index contributed by atoms with van der Waals surface area (Å²) in [7, 11) is 0. The van der Waals surface area contributed by atoms with Crippen LogP contribution in [-0.4, -0.2) is 41.0 Å². The van der Waals surface area contributed by atoms with Gasteiger partial charge in [0.2, 0.25) is 11.7 Å². The van der Waals surface area contributed by atoms with Crippen LogP contribution in [-0.2, 0) is 11.2 Å². The van der Waals surface area contributed by atoms with Crippen molar-refractivity contribution in [1.82, 2.24) is 10.1 Å². The lowest BCUT2D eigenvalue weighted by atomic mass is 10.1.